The molecule has 0 saturated carbocycles. The van der Waals surface area contributed by atoms with Crippen molar-refractivity contribution >= 4 is 17.7 Å². The van der Waals surface area contributed by atoms with Crippen LogP contribution in [0.15, 0.2) is 30.3 Å². The van der Waals surface area contributed by atoms with Crippen LogP contribution < -0.4 is 5.32 Å². The van der Waals surface area contributed by atoms with Crippen molar-refractivity contribution in [2.24, 2.45) is 0 Å². The highest BCUT2D eigenvalue weighted by atomic mass is 32.2. The SMILES string of the molecule is CCOC(=O)[C@@H]1CSC(CC(C)c2ccccc2)N1. The van der Waals surface area contributed by atoms with Gasteiger partial charge >= 0.3 is 5.97 Å². The minimum absolute atomic E-state index is 0.120. The standard InChI is InChI=1S/C15H21NO2S/c1-3-18-15(17)13-10-19-14(16-13)9-11(2)12-7-5-4-6-8-12/h4-8,11,13-14,16H,3,9-10H2,1-2H3/t11?,13-,14?/m0/s1. The molecular weight excluding hydrogens is 258 g/mol. The van der Waals surface area contributed by atoms with Crippen molar-refractivity contribution in [2.45, 2.75) is 37.6 Å². The molecule has 3 atom stereocenters. The Kier molecular flexibility index (Phi) is 5.28. The molecule has 3 nitrogen and oxygen atoms in total. The van der Waals surface area contributed by atoms with Crippen molar-refractivity contribution in [2.75, 3.05) is 12.4 Å². The summed E-state index contributed by atoms with van der Waals surface area (Å²) in [5.41, 5.74) is 1.35. The lowest BCUT2D eigenvalue weighted by molar-refractivity contribution is -0.144. The third-order valence-corrected chi connectivity index (χ3v) is 4.62. The van der Waals surface area contributed by atoms with E-state index >= 15 is 0 Å². The van der Waals surface area contributed by atoms with Gasteiger partial charge in [-0.05, 0) is 24.8 Å². The smallest absolute Gasteiger partial charge is 0.324 e. The molecule has 2 unspecified atom stereocenters. The first kappa shape index (κ1) is 14.4. The van der Waals surface area contributed by atoms with Crippen LogP contribution in [-0.2, 0) is 9.53 Å². The van der Waals surface area contributed by atoms with E-state index in [-0.39, 0.29) is 12.0 Å². The minimum Gasteiger partial charge on any atom is -0.465 e. The molecule has 1 aliphatic heterocycles. The summed E-state index contributed by atoms with van der Waals surface area (Å²) in [7, 11) is 0. The molecule has 1 aromatic rings. The second-order valence-electron chi connectivity index (χ2n) is 4.84. The van der Waals surface area contributed by atoms with Crippen LogP contribution >= 0.6 is 11.8 Å². The molecule has 0 amide bonds. The minimum atomic E-state index is -0.141. The van der Waals surface area contributed by atoms with Gasteiger partial charge in [0.2, 0.25) is 0 Å². The number of hydrogen-bond donors (Lipinski definition) is 1. The highest BCUT2D eigenvalue weighted by Crippen LogP contribution is 2.29. The number of carbonyl (C=O) groups is 1. The van der Waals surface area contributed by atoms with Gasteiger partial charge in [-0.3, -0.25) is 10.1 Å². The van der Waals surface area contributed by atoms with Crippen molar-refractivity contribution in [3.63, 3.8) is 0 Å². The molecule has 1 aliphatic rings. The lowest BCUT2D eigenvalue weighted by atomic mass is 9.98. The van der Waals surface area contributed by atoms with Gasteiger partial charge in [-0.25, -0.2) is 0 Å². The summed E-state index contributed by atoms with van der Waals surface area (Å²) in [5.74, 6) is 1.18. The number of ether oxygens (including phenoxy) is 1. The van der Waals surface area contributed by atoms with Gasteiger partial charge in [0.15, 0.2) is 0 Å². The number of carbonyl (C=O) groups excluding carboxylic acids is 1. The van der Waals surface area contributed by atoms with Crippen LogP contribution in [0.3, 0.4) is 0 Å². The molecule has 1 N–H and O–H groups in total. The second kappa shape index (κ2) is 6.96. The predicted octanol–water partition coefficient (Wildman–Crippen LogP) is 2.77. The van der Waals surface area contributed by atoms with E-state index < -0.39 is 0 Å². The molecule has 1 heterocycles. The first-order valence-corrected chi connectivity index (χ1v) is 7.84. The number of benzene rings is 1. The van der Waals surface area contributed by atoms with Crippen LogP contribution in [0.2, 0.25) is 0 Å². The van der Waals surface area contributed by atoms with Gasteiger partial charge in [0, 0.05) is 5.75 Å². The molecule has 0 aromatic heterocycles. The molecule has 19 heavy (non-hydrogen) atoms. The number of rotatable bonds is 5. The van der Waals surface area contributed by atoms with Crippen LogP contribution in [0.5, 0.6) is 0 Å². The van der Waals surface area contributed by atoms with E-state index in [1.54, 1.807) is 0 Å². The number of esters is 1. The number of hydrogen-bond acceptors (Lipinski definition) is 4. The summed E-state index contributed by atoms with van der Waals surface area (Å²) >= 11 is 1.82. The normalized spacial score (nSPS) is 24.1. The summed E-state index contributed by atoms with van der Waals surface area (Å²) in [6.07, 6.45) is 1.03. The molecule has 4 heteroatoms. The Morgan fingerprint density at radius 2 is 2.21 bits per heavy atom. The molecule has 1 saturated heterocycles. The average molecular weight is 279 g/mol. The maximum atomic E-state index is 11.6. The summed E-state index contributed by atoms with van der Waals surface area (Å²) in [5, 5.41) is 3.70. The largest absolute Gasteiger partial charge is 0.465 e. The van der Waals surface area contributed by atoms with Crippen molar-refractivity contribution < 1.29 is 9.53 Å². The molecule has 2 rings (SSSR count). The summed E-state index contributed by atoms with van der Waals surface area (Å²) < 4.78 is 5.05. The lowest BCUT2D eigenvalue weighted by Crippen LogP contribution is -2.38. The first-order chi connectivity index (χ1) is 9.20. The van der Waals surface area contributed by atoms with Crippen molar-refractivity contribution in [1.82, 2.24) is 5.32 Å². The fourth-order valence-corrected chi connectivity index (χ4v) is 3.63. The fourth-order valence-electron chi connectivity index (χ4n) is 2.29. The van der Waals surface area contributed by atoms with Gasteiger partial charge in [0.25, 0.3) is 0 Å². The molecule has 1 aromatic carbocycles. The van der Waals surface area contributed by atoms with Crippen LogP contribution in [0, 0.1) is 0 Å². The molecule has 0 radical (unpaired) electrons. The van der Waals surface area contributed by atoms with Gasteiger partial charge in [-0.1, -0.05) is 37.3 Å². The Balaban J connectivity index is 1.83. The molecule has 1 fully saturated rings. The van der Waals surface area contributed by atoms with E-state index in [1.165, 1.54) is 5.56 Å². The molecular formula is C15H21NO2S. The zero-order chi connectivity index (χ0) is 13.7. The Bertz CT molecular complexity index is 410. The average Bonchev–Trinajstić information content (AvgIpc) is 2.88. The van der Waals surface area contributed by atoms with Gasteiger partial charge < -0.3 is 4.74 Å². The van der Waals surface area contributed by atoms with E-state index in [2.05, 4.69) is 36.5 Å². The molecule has 0 aliphatic carbocycles. The molecule has 104 valence electrons. The third-order valence-electron chi connectivity index (χ3n) is 3.36. The topological polar surface area (TPSA) is 38.3 Å². The van der Waals surface area contributed by atoms with E-state index in [4.69, 9.17) is 4.74 Å². The Hall–Kier alpha value is -1.00. The van der Waals surface area contributed by atoms with Gasteiger partial charge in [0.05, 0.1) is 12.0 Å². The lowest BCUT2D eigenvalue weighted by Gasteiger charge is -2.17. The maximum Gasteiger partial charge on any atom is 0.324 e. The Morgan fingerprint density at radius 3 is 2.89 bits per heavy atom. The van der Waals surface area contributed by atoms with Crippen molar-refractivity contribution in [3.8, 4) is 0 Å². The maximum absolute atomic E-state index is 11.6. The first-order valence-electron chi connectivity index (χ1n) is 6.80. The highest BCUT2D eigenvalue weighted by molar-refractivity contribution is 8.00. The molecule has 0 bridgehead atoms. The zero-order valence-electron chi connectivity index (χ0n) is 11.5. The van der Waals surface area contributed by atoms with Crippen molar-refractivity contribution in [3.05, 3.63) is 35.9 Å². The van der Waals surface area contributed by atoms with E-state index in [0.29, 0.717) is 17.9 Å². The summed E-state index contributed by atoms with van der Waals surface area (Å²) in [6.45, 7) is 4.52. The van der Waals surface area contributed by atoms with Crippen LogP contribution in [0.4, 0.5) is 0 Å². The zero-order valence-corrected chi connectivity index (χ0v) is 12.3. The Morgan fingerprint density at radius 1 is 1.47 bits per heavy atom. The van der Waals surface area contributed by atoms with E-state index in [1.807, 2.05) is 24.8 Å². The van der Waals surface area contributed by atoms with Crippen LogP contribution in [0.1, 0.15) is 31.7 Å². The Labute approximate surface area is 119 Å². The third kappa shape index (κ3) is 3.98. The summed E-state index contributed by atoms with van der Waals surface area (Å²) in [6, 6.07) is 10.4. The summed E-state index contributed by atoms with van der Waals surface area (Å²) in [4.78, 5) is 11.6. The van der Waals surface area contributed by atoms with E-state index in [9.17, 15) is 4.79 Å². The highest BCUT2D eigenvalue weighted by Gasteiger charge is 2.31. The predicted molar refractivity (Wildman–Crippen MR) is 79.3 cm³/mol. The number of nitrogens with one attached hydrogen (secondary N) is 1. The van der Waals surface area contributed by atoms with Crippen LogP contribution in [0.25, 0.3) is 0 Å². The fraction of sp³-hybridized carbons (Fsp3) is 0.533. The molecule has 0 spiro atoms. The van der Waals surface area contributed by atoms with E-state index in [0.717, 1.165) is 12.2 Å². The van der Waals surface area contributed by atoms with Gasteiger partial charge in [-0.2, -0.15) is 0 Å². The van der Waals surface area contributed by atoms with Gasteiger partial charge in [-0.15, -0.1) is 11.8 Å². The second-order valence-corrected chi connectivity index (χ2v) is 6.08. The number of thioether (sulfide) groups is 1. The van der Waals surface area contributed by atoms with Crippen LogP contribution in [-0.4, -0.2) is 29.7 Å². The monoisotopic (exact) mass is 279 g/mol. The quantitative estimate of drug-likeness (QED) is 0.841. The van der Waals surface area contributed by atoms with Crippen molar-refractivity contribution in [1.29, 1.82) is 0 Å². The van der Waals surface area contributed by atoms with Gasteiger partial charge in [0.1, 0.15) is 6.04 Å².